The number of amides is 6. The molecular weight excluding hydrogens is 1420 g/mol. The maximum atomic E-state index is 15.0. The maximum Gasteiger partial charge on any atom is 0.221 e. The average molecular weight is 1490 g/mol. The lowest BCUT2D eigenvalue weighted by Gasteiger charge is -2.51. The van der Waals surface area contributed by atoms with Crippen LogP contribution in [0.3, 0.4) is 0 Å². The Morgan fingerprint density at radius 1 is 0.219 bits per heavy atom. The van der Waals surface area contributed by atoms with Crippen LogP contribution in [0.4, 0.5) is 0 Å². The molecule has 0 bridgehead atoms. The van der Waals surface area contributed by atoms with Crippen LogP contribution in [0.15, 0.2) is 0 Å². The molecule has 2 fully saturated rings. The molecule has 2 heterocycles. The summed E-state index contributed by atoms with van der Waals surface area (Å²) >= 11 is 0. The summed E-state index contributed by atoms with van der Waals surface area (Å²) < 4.78 is 0. The fourth-order valence-corrected chi connectivity index (χ4v) is 31.9. The van der Waals surface area contributed by atoms with Crippen molar-refractivity contribution in [2.45, 2.75) is 60.2 Å². The second kappa shape index (κ2) is 17.4. The van der Waals surface area contributed by atoms with E-state index in [-0.39, 0.29) is 61.1 Å². The van der Waals surface area contributed by atoms with Crippen LogP contribution in [0.1, 0.15) is 83.0 Å². The normalized spacial score (nSPS) is 21.9. The molecular formula is C94H70N14O6. The number of likely N-dealkylation sites (tertiary alicyclic amines) is 2. The fraction of sp³-hybridized carbons (Fsp3) is 0.340. The summed E-state index contributed by atoms with van der Waals surface area (Å²) in [6.45, 7) is 11.1. The number of hydrogen-bond donors (Lipinski definition) is 10. The van der Waals surface area contributed by atoms with Crippen LogP contribution in [0, 0.1) is 0 Å². The molecule has 0 aromatic heterocycles. The van der Waals surface area contributed by atoms with E-state index in [4.69, 9.17) is 22.9 Å². The van der Waals surface area contributed by atoms with Crippen molar-refractivity contribution in [3.63, 3.8) is 0 Å². The van der Waals surface area contributed by atoms with Gasteiger partial charge in [0, 0.05) is 183 Å². The van der Waals surface area contributed by atoms with E-state index in [1.165, 1.54) is 0 Å². The van der Waals surface area contributed by atoms with Gasteiger partial charge < -0.3 is 74.4 Å². The molecule has 4 unspecified atom stereocenters. The lowest BCUT2D eigenvalue weighted by molar-refractivity contribution is -0.123. The molecule has 10 aliphatic rings. The van der Waals surface area contributed by atoms with E-state index in [0.29, 0.717) is 131 Å². The van der Waals surface area contributed by atoms with Crippen molar-refractivity contribution in [1.29, 1.82) is 0 Å². The minimum atomic E-state index is -0.482. The van der Waals surface area contributed by atoms with E-state index in [2.05, 4.69) is 51.5 Å². The number of benzene rings is 16. The third-order valence-electron chi connectivity index (χ3n) is 34.0. The summed E-state index contributed by atoms with van der Waals surface area (Å²) in [5, 5.41) is 93.2. The highest BCUT2D eigenvalue weighted by Crippen LogP contribution is 2.88. The fourth-order valence-electron chi connectivity index (χ4n) is 31.9. The first-order valence-electron chi connectivity index (χ1n) is 42.3. The molecule has 20 nitrogen and oxygen atoms in total. The molecule has 14 N–H and O–H groups in total. The second-order valence-electron chi connectivity index (χ2n) is 37.5. The first kappa shape index (κ1) is 59.0. The molecule has 552 valence electrons. The monoisotopic (exact) mass is 1490 g/mol. The smallest absolute Gasteiger partial charge is 0.221 e. The van der Waals surface area contributed by atoms with E-state index >= 15 is 0 Å². The Morgan fingerprint density at radius 2 is 0.368 bits per heavy atom. The summed E-state index contributed by atoms with van der Waals surface area (Å²) in [4.78, 5) is 91.6. The number of carbonyl (C=O) groups is 6. The van der Waals surface area contributed by atoms with Crippen molar-refractivity contribution in [3.8, 4) is 0 Å². The Bertz CT molecular complexity index is 8170. The predicted molar refractivity (Wildman–Crippen MR) is 455 cm³/mol. The Kier molecular flexibility index (Phi) is 9.01. The average Bonchev–Trinajstić information content (AvgIpc) is 1.37. The zero-order chi connectivity index (χ0) is 74.1. The van der Waals surface area contributed by atoms with Gasteiger partial charge in [0.05, 0.1) is 21.7 Å². The predicted octanol–water partition coefficient (Wildman–Crippen LogP) is 8.97. The SMILES string of the molecule is NCCNC(=O)CCN(CCNC(=O)CCN1CC23c4c5c6c7c8c4c4c2c2c9c%10c%11c%12c(c5c5c6c6c%13c%14c%15c%16c%17c(c8c8c4c4c2c2c9c9c%11c%11c%18c%12c5c%13c%18c5c%14c%12c%16c%13c%17c8c4c4c2c2c9c%11c5c%12c2c%134)C72CN(CCC(=O)NCCN(CCC(=O)NCCN)CCC(=O)NCCN)CC6%152)C%103C1)CCC(=O)NCCN. The Labute approximate surface area is 642 Å². The van der Waals surface area contributed by atoms with Gasteiger partial charge in [-0.2, -0.15) is 0 Å². The van der Waals surface area contributed by atoms with Gasteiger partial charge in [-0.05, 0) is 303 Å². The highest BCUT2D eigenvalue weighted by atomic mass is 16.2. The van der Waals surface area contributed by atoms with Gasteiger partial charge in [0.15, 0.2) is 0 Å². The van der Waals surface area contributed by atoms with Crippen LogP contribution >= 0.6 is 0 Å². The minimum absolute atomic E-state index is 0.0155. The molecule has 2 saturated heterocycles. The molecule has 34 rings (SSSR count). The van der Waals surface area contributed by atoms with Crippen molar-refractivity contribution >= 4 is 294 Å². The van der Waals surface area contributed by atoms with Crippen molar-refractivity contribution < 1.29 is 28.8 Å². The summed E-state index contributed by atoms with van der Waals surface area (Å²) in [5.41, 5.74) is 34.1. The van der Waals surface area contributed by atoms with Crippen LogP contribution in [-0.4, -0.2) is 199 Å². The molecule has 4 atom stereocenters. The number of carbonyl (C=O) groups excluding carboxylic acids is 6. The number of hydrogen-bond acceptors (Lipinski definition) is 14. The summed E-state index contributed by atoms with van der Waals surface area (Å²) in [5.74, 6) is -0.316. The van der Waals surface area contributed by atoms with Gasteiger partial charge in [0.2, 0.25) is 35.4 Å². The summed E-state index contributed by atoms with van der Waals surface area (Å²) in [6, 6.07) is 0. The number of nitrogens with two attached hydrogens (primary N) is 4. The van der Waals surface area contributed by atoms with Gasteiger partial charge in [0.25, 0.3) is 0 Å². The van der Waals surface area contributed by atoms with E-state index in [1.807, 2.05) is 0 Å². The van der Waals surface area contributed by atoms with Crippen molar-refractivity contribution in [2.24, 2.45) is 22.9 Å². The molecule has 0 radical (unpaired) electrons. The number of rotatable bonds is 32. The molecule has 2 aliphatic heterocycles. The maximum absolute atomic E-state index is 15.0. The highest BCUT2D eigenvalue weighted by molar-refractivity contribution is 6.78. The van der Waals surface area contributed by atoms with Crippen LogP contribution < -0.4 is 54.8 Å². The Hall–Kier alpha value is -10.8. The molecule has 0 saturated carbocycles. The van der Waals surface area contributed by atoms with Gasteiger partial charge in [-0.25, -0.2) is 0 Å². The van der Waals surface area contributed by atoms with E-state index in [0.717, 1.165) is 26.2 Å². The van der Waals surface area contributed by atoms with Gasteiger partial charge in [-0.3, -0.25) is 28.8 Å². The molecule has 24 aromatic carbocycles. The summed E-state index contributed by atoms with van der Waals surface area (Å²) in [6.07, 6.45) is 1.73. The molecule has 114 heavy (non-hydrogen) atoms. The molecule has 20 heteroatoms. The molecule has 4 spiro atoms. The van der Waals surface area contributed by atoms with E-state index in [9.17, 15) is 28.8 Å². The third-order valence-corrected chi connectivity index (χ3v) is 34.0. The van der Waals surface area contributed by atoms with Crippen molar-refractivity contribution in [3.05, 3.63) is 44.5 Å². The molecule has 24 aromatic rings. The number of nitrogens with zero attached hydrogens (tertiary/aromatic N) is 4. The first-order valence-corrected chi connectivity index (χ1v) is 42.3. The Balaban J connectivity index is 0.613. The van der Waals surface area contributed by atoms with E-state index in [1.54, 1.807) is 303 Å². The standard InChI is InChI=1S/C94H70N14O6/c95-7-11-99-29(109)1-17-105(18-2-30(110)100-12-8-96)23-15-103-33(113)5-21-107-25-91-83-67-56-45-38-39-43-36-35-40-37-41(36)52-61-50(43)57-46(39)48-47(45)58-55-59(48)70-68(57)84-72(61)74-63(52)54-44(37)53-62-51(40)60(49(56)42(35)38)71(83)73(62)85-75-64(53)65(54)76-80-79(75)89(93(85,91)27-107)81-77(87(91)69(58)67)66(55)78-82(81)90(80)94(86(74)76)28-108(26-92(84,94)88(70)78)22-6-34(114)104-16-24-106(19-3-31(111)101-13-9-97)20-4-32(112)102-14-10-98/h1-28,95-98H2,(H,99,109)(H,100,110)(H,101,111)(H,102,112)(H,103,113)(H,104,114). The van der Waals surface area contributed by atoms with Gasteiger partial charge in [-0.15, -0.1) is 0 Å². The lowest BCUT2D eigenvalue weighted by Crippen LogP contribution is -2.51. The van der Waals surface area contributed by atoms with Gasteiger partial charge in [0.1, 0.15) is 0 Å². The van der Waals surface area contributed by atoms with Crippen LogP contribution in [0.2, 0.25) is 0 Å². The van der Waals surface area contributed by atoms with Crippen molar-refractivity contribution in [1.82, 2.24) is 51.5 Å². The first-order chi connectivity index (χ1) is 56.0. The minimum Gasteiger partial charge on any atom is -0.355 e. The topological polar surface area (TPSA) is 292 Å². The molecule has 8 aliphatic carbocycles. The highest BCUT2D eigenvalue weighted by Gasteiger charge is 2.77. The lowest BCUT2D eigenvalue weighted by atomic mass is 9.49. The van der Waals surface area contributed by atoms with Gasteiger partial charge >= 0.3 is 0 Å². The van der Waals surface area contributed by atoms with Crippen molar-refractivity contribution in [2.75, 3.05) is 144 Å². The largest absolute Gasteiger partial charge is 0.355 e. The number of nitrogens with one attached hydrogen (secondary N) is 6. The zero-order valence-corrected chi connectivity index (χ0v) is 62.3. The third kappa shape index (κ3) is 4.95. The second-order valence-corrected chi connectivity index (χ2v) is 37.5. The quantitative estimate of drug-likeness (QED) is 0.0176. The Morgan fingerprint density at radius 3 is 0.553 bits per heavy atom. The summed E-state index contributed by atoms with van der Waals surface area (Å²) in [7, 11) is 0. The molecule has 6 amide bonds. The van der Waals surface area contributed by atoms with Gasteiger partial charge in [-0.1, -0.05) is 0 Å². The van der Waals surface area contributed by atoms with Crippen LogP contribution in [-0.2, 0) is 50.4 Å². The zero-order valence-electron chi connectivity index (χ0n) is 62.3. The van der Waals surface area contributed by atoms with Crippen LogP contribution in [0.5, 0.6) is 0 Å². The van der Waals surface area contributed by atoms with Crippen LogP contribution in [0.25, 0.3) is 259 Å². The van der Waals surface area contributed by atoms with E-state index < -0.39 is 21.7 Å².